The molecule has 6 nitrogen and oxygen atoms in total. The molecule has 22 heavy (non-hydrogen) atoms. The van der Waals surface area contributed by atoms with E-state index in [1.54, 1.807) is 11.8 Å². The smallest absolute Gasteiger partial charge is 0.312 e. The van der Waals surface area contributed by atoms with E-state index in [0.29, 0.717) is 13.0 Å². The van der Waals surface area contributed by atoms with Crippen LogP contribution in [0.3, 0.4) is 0 Å². The van der Waals surface area contributed by atoms with E-state index < -0.39 is 12.1 Å². The molecule has 7 heteroatoms. The summed E-state index contributed by atoms with van der Waals surface area (Å²) in [5.41, 5.74) is 6.27. The second kappa shape index (κ2) is 7.93. The number of primary amides is 1. The largest absolute Gasteiger partial charge is 0.488 e. The number of nitrogens with two attached hydrogens (primary N) is 1. The van der Waals surface area contributed by atoms with Crippen molar-refractivity contribution in [1.29, 1.82) is 0 Å². The van der Waals surface area contributed by atoms with E-state index in [4.69, 9.17) is 10.5 Å². The number of benzene rings is 1. The molecule has 1 aliphatic rings. The van der Waals surface area contributed by atoms with E-state index in [1.165, 1.54) is 0 Å². The first kappa shape index (κ1) is 16.5. The lowest BCUT2D eigenvalue weighted by atomic mass is 10.1. The molecule has 2 atom stereocenters. The van der Waals surface area contributed by atoms with Gasteiger partial charge in [-0.25, -0.2) is 4.79 Å². The summed E-state index contributed by atoms with van der Waals surface area (Å²) < 4.78 is 5.77. The number of hydrogen-bond donors (Lipinski definition) is 3. The molecule has 2 rings (SSSR count). The third-order valence-electron chi connectivity index (χ3n) is 3.46. The van der Waals surface area contributed by atoms with Crippen LogP contribution >= 0.6 is 11.8 Å². The summed E-state index contributed by atoms with van der Waals surface area (Å²) >= 11 is 1.61. The van der Waals surface area contributed by atoms with Crippen molar-refractivity contribution in [2.45, 2.75) is 25.0 Å². The standard InChI is InChI=1S/C15H21N3O3S/c1-22-7-6-12(18-15(16)20)14(19)17-9-11-8-10-4-2-3-5-13(10)21-11/h2-5,11-12H,6-9H2,1H3,(H,17,19)(H3,16,18,20). The molecule has 0 saturated heterocycles. The van der Waals surface area contributed by atoms with E-state index in [-0.39, 0.29) is 12.0 Å². The molecule has 2 unspecified atom stereocenters. The van der Waals surface area contributed by atoms with Crippen LogP contribution in [0, 0.1) is 0 Å². The van der Waals surface area contributed by atoms with Crippen molar-refractivity contribution in [3.63, 3.8) is 0 Å². The Kier molecular flexibility index (Phi) is 5.94. The fraction of sp³-hybridized carbons (Fsp3) is 0.467. The third kappa shape index (κ3) is 4.56. The molecule has 0 aliphatic carbocycles. The number of amides is 3. The lowest BCUT2D eigenvalue weighted by molar-refractivity contribution is -0.123. The monoisotopic (exact) mass is 323 g/mol. The Labute approximate surface area is 134 Å². The molecule has 0 bridgehead atoms. The van der Waals surface area contributed by atoms with Crippen LogP contribution in [0.25, 0.3) is 0 Å². The fourth-order valence-electron chi connectivity index (χ4n) is 2.38. The molecule has 3 amide bonds. The van der Waals surface area contributed by atoms with E-state index in [9.17, 15) is 9.59 Å². The quantitative estimate of drug-likeness (QED) is 0.695. The fourth-order valence-corrected chi connectivity index (χ4v) is 2.85. The molecule has 0 radical (unpaired) electrons. The van der Waals surface area contributed by atoms with Crippen molar-refractivity contribution in [1.82, 2.24) is 10.6 Å². The van der Waals surface area contributed by atoms with E-state index in [0.717, 1.165) is 23.5 Å². The Balaban J connectivity index is 1.82. The highest BCUT2D eigenvalue weighted by Gasteiger charge is 2.25. The van der Waals surface area contributed by atoms with Gasteiger partial charge in [0.15, 0.2) is 0 Å². The predicted molar refractivity (Wildman–Crippen MR) is 87.1 cm³/mol. The lowest BCUT2D eigenvalue weighted by Gasteiger charge is -2.18. The molecule has 0 spiro atoms. The van der Waals surface area contributed by atoms with Gasteiger partial charge in [0.25, 0.3) is 0 Å². The average molecular weight is 323 g/mol. The van der Waals surface area contributed by atoms with Gasteiger partial charge in [-0.2, -0.15) is 11.8 Å². The van der Waals surface area contributed by atoms with Gasteiger partial charge in [-0.15, -0.1) is 0 Å². The second-order valence-electron chi connectivity index (χ2n) is 5.14. The van der Waals surface area contributed by atoms with Crippen molar-refractivity contribution >= 4 is 23.7 Å². The van der Waals surface area contributed by atoms with Crippen LogP contribution in [0.4, 0.5) is 4.79 Å². The van der Waals surface area contributed by atoms with Crippen molar-refractivity contribution in [2.24, 2.45) is 5.73 Å². The van der Waals surface area contributed by atoms with Crippen LogP contribution in [0.1, 0.15) is 12.0 Å². The summed E-state index contributed by atoms with van der Waals surface area (Å²) in [6, 6.07) is 6.55. The minimum atomic E-state index is -0.689. The highest BCUT2D eigenvalue weighted by Crippen LogP contribution is 2.27. The molecule has 0 aromatic heterocycles. The summed E-state index contributed by atoms with van der Waals surface area (Å²) in [7, 11) is 0. The van der Waals surface area contributed by atoms with Crippen molar-refractivity contribution in [3.05, 3.63) is 29.8 Å². The van der Waals surface area contributed by atoms with Gasteiger partial charge in [-0.1, -0.05) is 18.2 Å². The van der Waals surface area contributed by atoms with Gasteiger partial charge in [-0.05, 0) is 30.1 Å². The Bertz CT molecular complexity index is 514. The number of carbonyl (C=O) groups is 2. The predicted octanol–water partition coefficient (Wildman–Crippen LogP) is 0.896. The first-order chi connectivity index (χ1) is 10.6. The van der Waals surface area contributed by atoms with E-state index in [2.05, 4.69) is 10.6 Å². The van der Waals surface area contributed by atoms with Gasteiger partial charge < -0.3 is 21.1 Å². The van der Waals surface area contributed by atoms with Crippen LogP contribution in [0.2, 0.25) is 0 Å². The average Bonchev–Trinajstić information content (AvgIpc) is 2.91. The van der Waals surface area contributed by atoms with Gasteiger partial charge in [0.1, 0.15) is 17.9 Å². The number of para-hydroxylation sites is 1. The first-order valence-corrected chi connectivity index (χ1v) is 8.56. The maximum absolute atomic E-state index is 12.2. The zero-order valence-electron chi connectivity index (χ0n) is 12.5. The SMILES string of the molecule is CSCCC(NC(N)=O)C(=O)NCC1Cc2ccccc2O1. The molecule has 0 saturated carbocycles. The van der Waals surface area contributed by atoms with Crippen LogP contribution in [0.5, 0.6) is 5.75 Å². The maximum Gasteiger partial charge on any atom is 0.312 e. The summed E-state index contributed by atoms with van der Waals surface area (Å²) in [6.45, 7) is 0.406. The van der Waals surface area contributed by atoms with E-state index >= 15 is 0 Å². The minimum absolute atomic E-state index is 0.0730. The Morgan fingerprint density at radius 3 is 2.91 bits per heavy atom. The topological polar surface area (TPSA) is 93.5 Å². The number of nitrogens with one attached hydrogen (secondary N) is 2. The normalized spacial score (nSPS) is 17.2. The summed E-state index contributed by atoms with van der Waals surface area (Å²) in [6.07, 6.45) is 3.19. The number of rotatable bonds is 7. The van der Waals surface area contributed by atoms with Gasteiger partial charge in [0, 0.05) is 6.42 Å². The van der Waals surface area contributed by atoms with Crippen LogP contribution in [-0.4, -0.2) is 42.6 Å². The third-order valence-corrected chi connectivity index (χ3v) is 4.11. The van der Waals surface area contributed by atoms with Crippen molar-refractivity contribution < 1.29 is 14.3 Å². The van der Waals surface area contributed by atoms with Crippen LogP contribution < -0.4 is 21.1 Å². The molecular weight excluding hydrogens is 302 g/mol. The zero-order chi connectivity index (χ0) is 15.9. The molecule has 1 aromatic rings. The van der Waals surface area contributed by atoms with Gasteiger partial charge in [0.2, 0.25) is 5.91 Å². The second-order valence-corrected chi connectivity index (χ2v) is 6.13. The molecule has 0 fully saturated rings. The molecule has 120 valence electrons. The van der Waals surface area contributed by atoms with Crippen molar-refractivity contribution in [2.75, 3.05) is 18.6 Å². The van der Waals surface area contributed by atoms with Crippen molar-refractivity contribution in [3.8, 4) is 5.75 Å². The molecule has 1 aliphatic heterocycles. The molecule has 1 heterocycles. The Morgan fingerprint density at radius 1 is 1.45 bits per heavy atom. The van der Waals surface area contributed by atoms with Gasteiger partial charge >= 0.3 is 6.03 Å². The zero-order valence-corrected chi connectivity index (χ0v) is 13.3. The maximum atomic E-state index is 12.2. The van der Waals surface area contributed by atoms with Gasteiger partial charge in [0.05, 0.1) is 6.54 Å². The molecule has 1 aromatic carbocycles. The first-order valence-electron chi connectivity index (χ1n) is 7.17. The van der Waals surface area contributed by atoms with Gasteiger partial charge in [-0.3, -0.25) is 4.79 Å². The number of ether oxygens (including phenoxy) is 1. The van der Waals surface area contributed by atoms with Crippen LogP contribution in [0.15, 0.2) is 24.3 Å². The lowest BCUT2D eigenvalue weighted by Crippen LogP contribution is -2.50. The number of hydrogen-bond acceptors (Lipinski definition) is 4. The highest BCUT2D eigenvalue weighted by atomic mass is 32.2. The Morgan fingerprint density at radius 2 is 2.23 bits per heavy atom. The Hall–Kier alpha value is -1.89. The molecule has 4 N–H and O–H groups in total. The highest BCUT2D eigenvalue weighted by molar-refractivity contribution is 7.98. The number of fused-ring (bicyclic) bond motifs is 1. The molecular formula is C15H21N3O3S. The number of urea groups is 1. The summed E-state index contributed by atoms with van der Waals surface area (Å²) in [4.78, 5) is 23.2. The number of thioether (sulfide) groups is 1. The van der Waals surface area contributed by atoms with E-state index in [1.807, 2.05) is 30.5 Å². The van der Waals surface area contributed by atoms with Crippen LogP contribution in [-0.2, 0) is 11.2 Å². The summed E-state index contributed by atoms with van der Waals surface area (Å²) in [5, 5.41) is 5.31. The summed E-state index contributed by atoms with van der Waals surface area (Å²) in [5.74, 6) is 1.41. The minimum Gasteiger partial charge on any atom is -0.488 e. The number of carbonyl (C=O) groups excluding carboxylic acids is 2.